The number of hydrogen-bond acceptors (Lipinski definition) is 5. The molecule has 0 bridgehead atoms. The Morgan fingerprint density at radius 2 is 2.05 bits per heavy atom. The summed E-state index contributed by atoms with van der Waals surface area (Å²) in [7, 11) is -3.77. The topological polar surface area (TPSA) is 94.9 Å². The highest BCUT2D eigenvalue weighted by Crippen LogP contribution is 2.32. The molecular weight excluding hydrogens is 314 g/mol. The van der Waals surface area contributed by atoms with Gasteiger partial charge in [-0.15, -0.1) is 11.3 Å². The summed E-state index contributed by atoms with van der Waals surface area (Å²) in [6.07, 6.45) is 3.53. The predicted octanol–water partition coefficient (Wildman–Crippen LogP) is 1.68. The number of aliphatic hydroxyl groups is 1. The SMILES string of the molecule is Cc1sc(C(=O)O)cc1S(=O)(=O)N(CCO)C1CCCC1. The maximum absolute atomic E-state index is 12.8. The summed E-state index contributed by atoms with van der Waals surface area (Å²) in [4.78, 5) is 11.5. The first kappa shape index (κ1) is 16.4. The van der Waals surface area contributed by atoms with Gasteiger partial charge < -0.3 is 10.2 Å². The molecule has 1 aliphatic rings. The predicted molar refractivity (Wildman–Crippen MR) is 79.2 cm³/mol. The van der Waals surface area contributed by atoms with Crippen molar-refractivity contribution >= 4 is 27.3 Å². The van der Waals surface area contributed by atoms with Crippen LogP contribution in [0.25, 0.3) is 0 Å². The van der Waals surface area contributed by atoms with Crippen molar-refractivity contribution in [3.05, 3.63) is 15.8 Å². The Morgan fingerprint density at radius 1 is 1.43 bits per heavy atom. The fourth-order valence-corrected chi connectivity index (χ4v) is 5.82. The molecule has 21 heavy (non-hydrogen) atoms. The second kappa shape index (κ2) is 6.43. The third-order valence-electron chi connectivity index (χ3n) is 3.72. The van der Waals surface area contributed by atoms with Crippen LogP contribution in [-0.4, -0.2) is 48.1 Å². The lowest BCUT2D eigenvalue weighted by Crippen LogP contribution is -2.40. The first-order chi connectivity index (χ1) is 9.87. The standard InChI is InChI=1S/C13H19NO5S2/c1-9-12(8-11(20-9)13(16)17)21(18,19)14(6-7-15)10-4-2-3-5-10/h8,10,15H,2-7H2,1H3,(H,16,17). The summed E-state index contributed by atoms with van der Waals surface area (Å²) in [6, 6.07) is 1.12. The molecule has 1 aromatic rings. The van der Waals surface area contributed by atoms with Gasteiger partial charge in [-0.25, -0.2) is 13.2 Å². The Kier molecular flexibility index (Phi) is 5.03. The minimum absolute atomic E-state index is 0.0152. The van der Waals surface area contributed by atoms with Crippen molar-refractivity contribution in [3.8, 4) is 0 Å². The van der Waals surface area contributed by atoms with E-state index in [4.69, 9.17) is 5.11 Å². The fraction of sp³-hybridized carbons (Fsp3) is 0.615. The number of rotatable bonds is 6. The molecule has 2 N–H and O–H groups in total. The van der Waals surface area contributed by atoms with Crippen molar-refractivity contribution in [2.24, 2.45) is 0 Å². The molecule has 6 nitrogen and oxygen atoms in total. The highest BCUT2D eigenvalue weighted by atomic mass is 32.2. The third-order valence-corrected chi connectivity index (χ3v) is 6.97. The van der Waals surface area contributed by atoms with Gasteiger partial charge in [0.2, 0.25) is 10.0 Å². The van der Waals surface area contributed by atoms with Crippen molar-refractivity contribution in [3.63, 3.8) is 0 Å². The molecule has 1 heterocycles. The Bertz CT molecular complexity index is 617. The zero-order chi connectivity index (χ0) is 15.6. The molecule has 2 rings (SSSR count). The van der Waals surface area contributed by atoms with E-state index in [2.05, 4.69) is 0 Å². The molecule has 0 amide bonds. The number of carboxylic acid groups (broad SMARTS) is 1. The molecule has 0 aliphatic heterocycles. The van der Waals surface area contributed by atoms with E-state index >= 15 is 0 Å². The highest BCUT2D eigenvalue weighted by Gasteiger charge is 2.34. The minimum atomic E-state index is -3.77. The smallest absolute Gasteiger partial charge is 0.345 e. The van der Waals surface area contributed by atoms with Gasteiger partial charge in [0.05, 0.1) is 11.5 Å². The molecule has 0 spiro atoms. The van der Waals surface area contributed by atoms with Gasteiger partial charge in [-0.2, -0.15) is 4.31 Å². The molecule has 0 atom stereocenters. The molecule has 0 aromatic carbocycles. The highest BCUT2D eigenvalue weighted by molar-refractivity contribution is 7.89. The molecule has 1 fully saturated rings. The van der Waals surface area contributed by atoms with E-state index in [0.29, 0.717) is 4.88 Å². The van der Waals surface area contributed by atoms with Gasteiger partial charge in [-0.3, -0.25) is 0 Å². The number of hydrogen-bond donors (Lipinski definition) is 2. The van der Waals surface area contributed by atoms with Gasteiger partial charge in [0.1, 0.15) is 4.88 Å². The van der Waals surface area contributed by atoms with Crippen LogP contribution in [0, 0.1) is 6.92 Å². The molecular formula is C13H19NO5S2. The normalized spacial score (nSPS) is 16.7. The Hall–Kier alpha value is -0.960. The first-order valence-corrected chi connectivity index (χ1v) is 9.10. The van der Waals surface area contributed by atoms with Crippen molar-refractivity contribution in [2.75, 3.05) is 13.2 Å². The summed E-state index contributed by atoms with van der Waals surface area (Å²) < 4.78 is 26.9. The molecule has 118 valence electrons. The number of sulfonamides is 1. The Balaban J connectivity index is 2.40. The van der Waals surface area contributed by atoms with Crippen LogP contribution in [0.2, 0.25) is 0 Å². The van der Waals surface area contributed by atoms with Crippen LogP contribution >= 0.6 is 11.3 Å². The van der Waals surface area contributed by atoms with Gasteiger partial charge >= 0.3 is 5.97 Å². The monoisotopic (exact) mass is 333 g/mol. The van der Waals surface area contributed by atoms with E-state index in [0.717, 1.165) is 37.0 Å². The number of carboxylic acids is 1. The van der Waals surface area contributed by atoms with Gasteiger partial charge in [0.25, 0.3) is 0 Å². The van der Waals surface area contributed by atoms with Crippen molar-refractivity contribution < 1.29 is 23.4 Å². The summed E-state index contributed by atoms with van der Waals surface area (Å²) in [5.74, 6) is -1.13. The Labute approximate surface area is 128 Å². The molecule has 0 saturated heterocycles. The van der Waals surface area contributed by atoms with E-state index in [1.165, 1.54) is 10.4 Å². The van der Waals surface area contributed by atoms with E-state index < -0.39 is 16.0 Å². The van der Waals surface area contributed by atoms with Crippen LogP contribution in [0.4, 0.5) is 0 Å². The number of aryl methyl sites for hydroxylation is 1. The lowest BCUT2D eigenvalue weighted by molar-refractivity contribution is 0.0702. The summed E-state index contributed by atoms with van der Waals surface area (Å²) >= 11 is 0.959. The Morgan fingerprint density at radius 3 is 2.52 bits per heavy atom. The van der Waals surface area contributed by atoms with E-state index in [-0.39, 0.29) is 29.0 Å². The van der Waals surface area contributed by atoms with Crippen LogP contribution < -0.4 is 0 Å². The number of thiophene rings is 1. The second-order valence-corrected chi connectivity index (χ2v) is 8.23. The van der Waals surface area contributed by atoms with E-state index in [9.17, 15) is 18.3 Å². The van der Waals surface area contributed by atoms with Crippen LogP contribution in [0.3, 0.4) is 0 Å². The van der Waals surface area contributed by atoms with E-state index in [1.54, 1.807) is 6.92 Å². The zero-order valence-electron chi connectivity index (χ0n) is 11.8. The molecule has 1 saturated carbocycles. The number of nitrogens with zero attached hydrogens (tertiary/aromatic N) is 1. The van der Waals surface area contributed by atoms with Crippen molar-refractivity contribution in [2.45, 2.75) is 43.5 Å². The lowest BCUT2D eigenvalue weighted by Gasteiger charge is -2.27. The molecule has 8 heteroatoms. The van der Waals surface area contributed by atoms with E-state index in [1.807, 2.05) is 0 Å². The summed E-state index contributed by atoms with van der Waals surface area (Å²) in [5, 5.41) is 18.2. The largest absolute Gasteiger partial charge is 0.477 e. The molecule has 0 radical (unpaired) electrons. The van der Waals surface area contributed by atoms with Crippen LogP contribution in [0.15, 0.2) is 11.0 Å². The van der Waals surface area contributed by atoms with Gasteiger partial charge in [-0.05, 0) is 25.8 Å². The van der Waals surface area contributed by atoms with Crippen LogP contribution in [0.1, 0.15) is 40.2 Å². The number of aliphatic hydroxyl groups excluding tert-OH is 1. The number of carbonyl (C=O) groups is 1. The quantitative estimate of drug-likeness (QED) is 0.826. The lowest BCUT2D eigenvalue weighted by atomic mass is 10.2. The van der Waals surface area contributed by atoms with Gasteiger partial charge in [0, 0.05) is 17.5 Å². The summed E-state index contributed by atoms with van der Waals surface area (Å²) in [5.41, 5.74) is 0. The van der Waals surface area contributed by atoms with Crippen LogP contribution in [-0.2, 0) is 10.0 Å². The minimum Gasteiger partial charge on any atom is -0.477 e. The average Bonchev–Trinajstić information content (AvgIpc) is 3.04. The summed E-state index contributed by atoms with van der Waals surface area (Å²) in [6.45, 7) is 1.41. The third kappa shape index (κ3) is 3.28. The fourth-order valence-electron chi connectivity index (χ4n) is 2.74. The zero-order valence-corrected chi connectivity index (χ0v) is 13.4. The van der Waals surface area contributed by atoms with Crippen LogP contribution in [0.5, 0.6) is 0 Å². The molecule has 1 aromatic heterocycles. The maximum Gasteiger partial charge on any atom is 0.345 e. The maximum atomic E-state index is 12.8. The number of aromatic carboxylic acids is 1. The first-order valence-electron chi connectivity index (χ1n) is 6.84. The molecule has 0 unspecified atom stereocenters. The van der Waals surface area contributed by atoms with Crippen molar-refractivity contribution in [1.29, 1.82) is 0 Å². The van der Waals surface area contributed by atoms with Crippen molar-refractivity contribution in [1.82, 2.24) is 4.31 Å². The van der Waals surface area contributed by atoms with Gasteiger partial charge in [-0.1, -0.05) is 12.8 Å². The second-order valence-electron chi connectivity index (χ2n) is 5.11. The van der Waals surface area contributed by atoms with Gasteiger partial charge in [0.15, 0.2) is 0 Å². The average molecular weight is 333 g/mol. The molecule has 1 aliphatic carbocycles.